The lowest BCUT2D eigenvalue weighted by atomic mass is 9.86. The normalized spacial score (nSPS) is 12.9. The molecular weight excluding hydrogens is 332 g/mol. The van der Waals surface area contributed by atoms with Gasteiger partial charge in [0.15, 0.2) is 5.13 Å². The lowest BCUT2D eigenvalue weighted by molar-refractivity contribution is 0.262. The summed E-state index contributed by atoms with van der Waals surface area (Å²) in [6.07, 6.45) is 0.869. The number of nitrogens with one attached hydrogen (secondary N) is 2. The van der Waals surface area contributed by atoms with Gasteiger partial charge in [-0.1, -0.05) is 52.8 Å². The molecule has 0 spiro atoms. The first-order valence-electron chi connectivity index (χ1n) is 8.55. The standard InChI is InChI=1S/C19H28N4OS/c1-12(2)10-14(20)16-11-25-18(22-16)23-17(24)21-15-9-7-6-8-13(15)19(3,4)5/h6-9,11-12,14H,10,20H2,1-5H3,(H2,21,22,23,24). The van der Waals surface area contributed by atoms with Crippen molar-refractivity contribution in [2.24, 2.45) is 11.7 Å². The third-order valence-corrected chi connectivity index (χ3v) is 4.61. The number of hydrogen-bond acceptors (Lipinski definition) is 4. The second-order valence-corrected chi connectivity index (χ2v) is 8.55. The molecule has 6 heteroatoms. The zero-order valence-corrected chi connectivity index (χ0v) is 16.4. The highest BCUT2D eigenvalue weighted by Gasteiger charge is 2.19. The van der Waals surface area contributed by atoms with Crippen LogP contribution in [0.15, 0.2) is 29.6 Å². The first-order valence-corrected chi connectivity index (χ1v) is 9.43. The van der Waals surface area contributed by atoms with Crippen LogP contribution in [0.3, 0.4) is 0 Å². The number of aromatic nitrogens is 1. The number of anilines is 2. The molecule has 136 valence electrons. The van der Waals surface area contributed by atoms with Crippen molar-refractivity contribution < 1.29 is 4.79 Å². The molecule has 0 radical (unpaired) electrons. The number of hydrogen-bond donors (Lipinski definition) is 3. The number of nitrogens with zero attached hydrogens (tertiary/aromatic N) is 1. The van der Waals surface area contributed by atoms with Gasteiger partial charge in [0.2, 0.25) is 0 Å². The van der Waals surface area contributed by atoms with Crippen LogP contribution in [0.1, 0.15) is 58.3 Å². The van der Waals surface area contributed by atoms with E-state index in [9.17, 15) is 4.79 Å². The number of rotatable bonds is 5. The monoisotopic (exact) mass is 360 g/mol. The van der Waals surface area contributed by atoms with E-state index < -0.39 is 0 Å². The fourth-order valence-corrected chi connectivity index (χ4v) is 3.41. The number of carbonyl (C=O) groups excluding carboxylic acids is 1. The lowest BCUT2D eigenvalue weighted by Gasteiger charge is -2.22. The highest BCUT2D eigenvalue weighted by atomic mass is 32.1. The fraction of sp³-hybridized carbons (Fsp3) is 0.474. The number of thiazole rings is 1. The molecule has 5 nitrogen and oxygen atoms in total. The van der Waals surface area contributed by atoms with Gasteiger partial charge in [0.25, 0.3) is 0 Å². The Morgan fingerprint density at radius 1 is 1.24 bits per heavy atom. The van der Waals surface area contributed by atoms with Crippen LogP contribution in [-0.4, -0.2) is 11.0 Å². The van der Waals surface area contributed by atoms with Gasteiger partial charge in [-0.05, 0) is 29.4 Å². The molecule has 0 saturated carbocycles. The number of carbonyl (C=O) groups is 1. The third-order valence-electron chi connectivity index (χ3n) is 3.83. The first kappa shape index (κ1) is 19.4. The zero-order chi connectivity index (χ0) is 18.6. The summed E-state index contributed by atoms with van der Waals surface area (Å²) in [6.45, 7) is 10.6. The minimum atomic E-state index is -0.296. The molecule has 0 aliphatic heterocycles. The Kier molecular flexibility index (Phi) is 6.19. The average molecular weight is 361 g/mol. The Balaban J connectivity index is 2.03. The summed E-state index contributed by atoms with van der Waals surface area (Å²) in [5.74, 6) is 0.505. The molecule has 0 aliphatic rings. The third kappa shape index (κ3) is 5.54. The van der Waals surface area contributed by atoms with Crippen LogP contribution < -0.4 is 16.4 Å². The van der Waals surface area contributed by atoms with Gasteiger partial charge in [-0.15, -0.1) is 11.3 Å². The van der Waals surface area contributed by atoms with Crippen molar-refractivity contribution in [3.63, 3.8) is 0 Å². The van der Waals surface area contributed by atoms with Crippen LogP contribution in [-0.2, 0) is 5.41 Å². The van der Waals surface area contributed by atoms with Gasteiger partial charge < -0.3 is 11.1 Å². The molecule has 1 heterocycles. The summed E-state index contributed by atoms with van der Waals surface area (Å²) >= 11 is 1.39. The summed E-state index contributed by atoms with van der Waals surface area (Å²) in [5.41, 5.74) is 8.81. The van der Waals surface area contributed by atoms with Crippen molar-refractivity contribution in [3.8, 4) is 0 Å². The largest absolute Gasteiger partial charge is 0.325 e. The van der Waals surface area contributed by atoms with Crippen LogP contribution in [0, 0.1) is 5.92 Å². The minimum absolute atomic E-state index is 0.0537. The molecule has 0 aliphatic carbocycles. The highest BCUT2D eigenvalue weighted by Crippen LogP contribution is 2.29. The Labute approximate surface area is 154 Å². The molecule has 2 aromatic rings. The molecule has 0 fully saturated rings. The Hall–Kier alpha value is -1.92. The number of para-hydroxylation sites is 1. The van der Waals surface area contributed by atoms with Crippen molar-refractivity contribution in [1.29, 1.82) is 0 Å². The van der Waals surface area contributed by atoms with E-state index in [1.807, 2.05) is 29.6 Å². The second kappa shape index (κ2) is 7.97. The maximum atomic E-state index is 12.3. The number of amides is 2. The molecule has 4 N–H and O–H groups in total. The van der Waals surface area contributed by atoms with E-state index in [-0.39, 0.29) is 17.5 Å². The Bertz CT molecular complexity index is 718. The summed E-state index contributed by atoms with van der Waals surface area (Å²) < 4.78 is 0. The molecule has 1 aromatic heterocycles. The predicted molar refractivity (Wildman–Crippen MR) is 106 cm³/mol. The maximum absolute atomic E-state index is 12.3. The number of urea groups is 1. The van der Waals surface area contributed by atoms with Gasteiger partial charge in [-0.25, -0.2) is 9.78 Å². The smallest absolute Gasteiger partial charge is 0.323 e. The quantitative estimate of drug-likeness (QED) is 0.691. The van der Waals surface area contributed by atoms with Crippen molar-refractivity contribution in [2.45, 2.75) is 52.5 Å². The molecule has 0 bridgehead atoms. The van der Waals surface area contributed by atoms with E-state index in [0.29, 0.717) is 11.0 Å². The summed E-state index contributed by atoms with van der Waals surface area (Å²) in [5, 5.41) is 8.19. The summed E-state index contributed by atoms with van der Waals surface area (Å²) in [6, 6.07) is 7.43. The van der Waals surface area contributed by atoms with Crippen LogP contribution in [0.25, 0.3) is 0 Å². The van der Waals surface area contributed by atoms with Crippen molar-refractivity contribution >= 4 is 28.2 Å². The maximum Gasteiger partial charge on any atom is 0.325 e. The van der Waals surface area contributed by atoms with Crippen molar-refractivity contribution in [1.82, 2.24) is 4.98 Å². The van der Waals surface area contributed by atoms with Gasteiger partial charge in [-0.2, -0.15) is 0 Å². The second-order valence-electron chi connectivity index (χ2n) is 7.69. The topological polar surface area (TPSA) is 80.0 Å². The molecule has 2 amide bonds. The number of benzene rings is 1. The van der Waals surface area contributed by atoms with Gasteiger partial charge >= 0.3 is 6.03 Å². The highest BCUT2D eigenvalue weighted by molar-refractivity contribution is 7.13. The Morgan fingerprint density at radius 2 is 1.92 bits per heavy atom. The summed E-state index contributed by atoms with van der Waals surface area (Å²) in [7, 11) is 0. The molecule has 1 atom stereocenters. The van der Waals surface area contributed by atoms with Crippen LogP contribution in [0.5, 0.6) is 0 Å². The Morgan fingerprint density at radius 3 is 2.56 bits per heavy atom. The summed E-state index contributed by atoms with van der Waals surface area (Å²) in [4.78, 5) is 16.8. The van der Waals surface area contributed by atoms with Gasteiger partial charge in [0.05, 0.1) is 5.69 Å². The molecular formula is C19H28N4OS. The van der Waals surface area contributed by atoms with Crippen molar-refractivity contribution in [2.75, 3.05) is 10.6 Å². The van der Waals surface area contributed by atoms with Gasteiger partial charge in [0.1, 0.15) is 0 Å². The predicted octanol–water partition coefficient (Wildman–Crippen LogP) is 5.13. The van der Waals surface area contributed by atoms with Crippen LogP contribution in [0.2, 0.25) is 0 Å². The van der Waals surface area contributed by atoms with E-state index in [2.05, 4.69) is 50.2 Å². The molecule has 0 saturated heterocycles. The van der Waals surface area contributed by atoms with E-state index in [1.165, 1.54) is 11.3 Å². The molecule has 25 heavy (non-hydrogen) atoms. The van der Waals surface area contributed by atoms with Crippen molar-refractivity contribution in [3.05, 3.63) is 40.9 Å². The zero-order valence-electron chi connectivity index (χ0n) is 15.6. The molecule has 1 unspecified atom stereocenters. The minimum Gasteiger partial charge on any atom is -0.323 e. The molecule has 2 rings (SSSR count). The van der Waals surface area contributed by atoms with E-state index in [4.69, 9.17) is 5.73 Å². The van der Waals surface area contributed by atoms with Crippen LogP contribution in [0.4, 0.5) is 15.6 Å². The SMILES string of the molecule is CC(C)CC(N)c1csc(NC(=O)Nc2ccccc2C(C)(C)C)n1. The number of nitrogens with two attached hydrogens (primary N) is 1. The average Bonchev–Trinajstić information content (AvgIpc) is 2.94. The molecule has 1 aromatic carbocycles. The van der Waals surface area contributed by atoms with Gasteiger partial charge in [0, 0.05) is 17.1 Å². The van der Waals surface area contributed by atoms with Gasteiger partial charge in [-0.3, -0.25) is 5.32 Å². The lowest BCUT2D eigenvalue weighted by Crippen LogP contribution is -2.23. The van der Waals surface area contributed by atoms with Crippen LogP contribution >= 0.6 is 11.3 Å². The fourth-order valence-electron chi connectivity index (χ4n) is 2.64. The first-order chi connectivity index (χ1) is 11.7. The van der Waals surface area contributed by atoms with E-state index >= 15 is 0 Å². The van der Waals surface area contributed by atoms with E-state index in [1.54, 1.807) is 0 Å². The van der Waals surface area contributed by atoms with E-state index in [0.717, 1.165) is 23.4 Å².